The number of aromatic nitrogens is 2. The van der Waals surface area contributed by atoms with Gasteiger partial charge in [0.05, 0.1) is 11.5 Å². The number of rotatable bonds is 4. The lowest BCUT2D eigenvalue weighted by Gasteiger charge is -2.32. The summed E-state index contributed by atoms with van der Waals surface area (Å²) >= 11 is 0. The minimum Gasteiger partial charge on any atom is -0.493 e. The van der Waals surface area contributed by atoms with Crippen LogP contribution in [0.1, 0.15) is 24.1 Å². The average Bonchev–Trinajstić information content (AvgIpc) is 3.09. The van der Waals surface area contributed by atoms with Crippen LogP contribution in [0.5, 0.6) is 5.75 Å². The quantitative estimate of drug-likeness (QED) is 0.806. The van der Waals surface area contributed by atoms with Gasteiger partial charge in [0.25, 0.3) is 5.56 Å². The molecule has 144 valence electrons. The molecule has 9 heteroatoms. The van der Waals surface area contributed by atoms with E-state index in [-0.39, 0.29) is 16.5 Å². The molecule has 4 rings (SSSR count). The lowest BCUT2D eigenvalue weighted by molar-refractivity contribution is 0.356. The van der Waals surface area contributed by atoms with Gasteiger partial charge in [0.15, 0.2) is 0 Å². The number of benzene rings is 1. The summed E-state index contributed by atoms with van der Waals surface area (Å²) in [5.74, 6) is 1.31. The van der Waals surface area contributed by atoms with Crippen molar-refractivity contribution in [2.24, 2.45) is 0 Å². The molecule has 0 bridgehead atoms. The van der Waals surface area contributed by atoms with Gasteiger partial charge in [0.1, 0.15) is 5.75 Å². The first kappa shape index (κ1) is 18.0. The van der Waals surface area contributed by atoms with Crippen LogP contribution in [0, 0.1) is 6.92 Å². The summed E-state index contributed by atoms with van der Waals surface area (Å²) < 4.78 is 33.7. The number of nitrogens with zero attached hydrogens (tertiary/aromatic N) is 2. The third-order valence-electron chi connectivity index (χ3n) is 4.94. The largest absolute Gasteiger partial charge is 0.493 e. The minimum absolute atomic E-state index is 0.146. The number of aromatic amines is 1. The van der Waals surface area contributed by atoms with E-state index in [0.717, 1.165) is 17.7 Å². The Labute approximate surface area is 157 Å². The van der Waals surface area contributed by atoms with Crippen molar-refractivity contribution in [3.63, 3.8) is 0 Å². The van der Waals surface area contributed by atoms with Crippen molar-refractivity contribution in [1.29, 1.82) is 0 Å². The predicted molar refractivity (Wildman–Crippen MR) is 101 cm³/mol. The number of sulfonamides is 1. The number of hydrogen-bond acceptors (Lipinski definition) is 6. The van der Waals surface area contributed by atoms with Crippen LogP contribution < -0.4 is 19.9 Å². The van der Waals surface area contributed by atoms with Crippen LogP contribution in [0.25, 0.3) is 0 Å². The molecular weight excluding hydrogens is 368 g/mol. The van der Waals surface area contributed by atoms with Crippen LogP contribution in [-0.2, 0) is 16.4 Å². The lowest BCUT2D eigenvalue weighted by atomic mass is 10.1. The maximum atomic E-state index is 12.7. The van der Waals surface area contributed by atoms with Gasteiger partial charge in [-0.1, -0.05) is 0 Å². The summed E-state index contributed by atoms with van der Waals surface area (Å²) in [4.78, 5) is 21.0. The molecule has 0 radical (unpaired) electrons. The lowest BCUT2D eigenvalue weighted by Crippen LogP contribution is -2.45. The molecule has 0 saturated carbocycles. The summed E-state index contributed by atoms with van der Waals surface area (Å²) in [5.41, 5.74) is 1.42. The van der Waals surface area contributed by atoms with Gasteiger partial charge in [-0.05, 0) is 43.5 Å². The Morgan fingerprint density at radius 2 is 2.04 bits per heavy atom. The van der Waals surface area contributed by atoms with E-state index in [1.807, 2.05) is 4.90 Å². The van der Waals surface area contributed by atoms with E-state index in [1.54, 1.807) is 25.1 Å². The maximum absolute atomic E-state index is 12.7. The van der Waals surface area contributed by atoms with E-state index in [1.165, 1.54) is 6.07 Å². The van der Waals surface area contributed by atoms with Crippen molar-refractivity contribution in [3.8, 4) is 5.75 Å². The molecule has 3 heterocycles. The molecule has 0 unspecified atom stereocenters. The Kier molecular flexibility index (Phi) is 4.65. The normalized spacial score (nSPS) is 17.6. The molecule has 2 aliphatic rings. The van der Waals surface area contributed by atoms with Crippen molar-refractivity contribution in [1.82, 2.24) is 14.7 Å². The highest BCUT2D eigenvalue weighted by Crippen LogP contribution is 2.28. The monoisotopic (exact) mass is 390 g/mol. The van der Waals surface area contributed by atoms with Crippen LogP contribution in [0.15, 0.2) is 34.0 Å². The Hall–Kier alpha value is -2.39. The van der Waals surface area contributed by atoms with Gasteiger partial charge in [-0.15, -0.1) is 0 Å². The van der Waals surface area contributed by atoms with Crippen LogP contribution in [-0.4, -0.2) is 44.1 Å². The van der Waals surface area contributed by atoms with Crippen LogP contribution in [0.2, 0.25) is 0 Å². The van der Waals surface area contributed by atoms with E-state index in [4.69, 9.17) is 4.74 Å². The van der Waals surface area contributed by atoms with E-state index in [0.29, 0.717) is 44.2 Å². The highest BCUT2D eigenvalue weighted by Gasteiger charge is 2.26. The molecule has 0 amide bonds. The fourth-order valence-electron chi connectivity index (χ4n) is 3.54. The number of anilines is 1. The third-order valence-corrected chi connectivity index (χ3v) is 6.46. The van der Waals surface area contributed by atoms with Gasteiger partial charge >= 0.3 is 0 Å². The summed E-state index contributed by atoms with van der Waals surface area (Å²) in [6, 6.07) is 6.31. The molecule has 0 aliphatic carbocycles. The zero-order chi connectivity index (χ0) is 19.0. The van der Waals surface area contributed by atoms with E-state index in [9.17, 15) is 13.2 Å². The van der Waals surface area contributed by atoms with Gasteiger partial charge < -0.3 is 9.64 Å². The number of aryl methyl sites for hydroxylation is 1. The fraction of sp³-hybridized carbons (Fsp3) is 0.444. The van der Waals surface area contributed by atoms with Crippen LogP contribution >= 0.6 is 0 Å². The second kappa shape index (κ2) is 6.97. The molecule has 2 aliphatic heterocycles. The smallest absolute Gasteiger partial charge is 0.252 e. The molecule has 1 saturated heterocycles. The molecule has 2 aromatic rings. The standard InChI is InChI=1S/C18H22N4O4S/c1-12-10-17(23)20-18(19-12)22-7-4-14(5-8-22)21-27(24,25)15-2-3-16-13(11-15)6-9-26-16/h2-3,10-11,14,21H,4-9H2,1H3,(H,19,20,23). The summed E-state index contributed by atoms with van der Waals surface area (Å²) in [5, 5.41) is 0. The first-order valence-corrected chi connectivity index (χ1v) is 10.5. The zero-order valence-corrected chi connectivity index (χ0v) is 15.9. The molecule has 1 aromatic carbocycles. The second-order valence-electron chi connectivity index (χ2n) is 6.96. The van der Waals surface area contributed by atoms with Crippen molar-refractivity contribution in [3.05, 3.63) is 45.9 Å². The number of piperidine rings is 1. The molecule has 0 spiro atoms. The van der Waals surface area contributed by atoms with Crippen LogP contribution in [0.3, 0.4) is 0 Å². The topological polar surface area (TPSA) is 104 Å². The molecule has 0 atom stereocenters. The SMILES string of the molecule is Cc1cc(=O)[nH]c(N2CCC(NS(=O)(=O)c3ccc4c(c3)CCO4)CC2)n1. The Morgan fingerprint density at radius 3 is 2.78 bits per heavy atom. The zero-order valence-electron chi connectivity index (χ0n) is 15.1. The Bertz CT molecular complexity index is 1010. The number of fused-ring (bicyclic) bond motifs is 1. The first-order chi connectivity index (χ1) is 12.9. The highest BCUT2D eigenvalue weighted by atomic mass is 32.2. The number of ether oxygens (including phenoxy) is 1. The van der Waals surface area contributed by atoms with Gasteiger partial charge in [-0.2, -0.15) is 0 Å². The van der Waals surface area contributed by atoms with E-state index in [2.05, 4.69) is 14.7 Å². The van der Waals surface area contributed by atoms with Crippen molar-refractivity contribution >= 4 is 16.0 Å². The highest BCUT2D eigenvalue weighted by molar-refractivity contribution is 7.89. The molecule has 1 fully saturated rings. The fourth-order valence-corrected chi connectivity index (χ4v) is 4.89. The van der Waals surface area contributed by atoms with Gasteiger partial charge in [0.2, 0.25) is 16.0 Å². The molecular formula is C18H22N4O4S. The number of H-pyrrole nitrogens is 1. The predicted octanol–water partition coefficient (Wildman–Crippen LogP) is 0.961. The van der Waals surface area contributed by atoms with Gasteiger partial charge in [-0.3, -0.25) is 9.78 Å². The first-order valence-electron chi connectivity index (χ1n) is 9.02. The molecule has 2 N–H and O–H groups in total. The summed E-state index contributed by atoms with van der Waals surface area (Å²) in [6.07, 6.45) is 2.02. The third kappa shape index (κ3) is 3.84. The van der Waals surface area contributed by atoms with Crippen molar-refractivity contribution in [2.75, 3.05) is 24.6 Å². The molecule has 27 heavy (non-hydrogen) atoms. The van der Waals surface area contributed by atoms with Crippen LogP contribution in [0.4, 0.5) is 5.95 Å². The minimum atomic E-state index is -3.57. The molecule has 8 nitrogen and oxygen atoms in total. The number of hydrogen-bond donors (Lipinski definition) is 2. The van der Waals surface area contributed by atoms with Crippen molar-refractivity contribution < 1.29 is 13.2 Å². The Balaban J connectivity index is 1.42. The Morgan fingerprint density at radius 1 is 1.26 bits per heavy atom. The average molecular weight is 390 g/mol. The molecule has 1 aromatic heterocycles. The summed E-state index contributed by atoms with van der Waals surface area (Å²) in [7, 11) is -3.57. The van der Waals surface area contributed by atoms with Gasteiger partial charge in [-0.25, -0.2) is 18.1 Å². The summed E-state index contributed by atoms with van der Waals surface area (Å²) in [6.45, 7) is 3.62. The van der Waals surface area contributed by atoms with Crippen molar-refractivity contribution in [2.45, 2.75) is 37.1 Å². The maximum Gasteiger partial charge on any atom is 0.252 e. The van der Waals surface area contributed by atoms with E-state index >= 15 is 0 Å². The van der Waals surface area contributed by atoms with E-state index < -0.39 is 10.0 Å². The van der Waals surface area contributed by atoms with Gasteiger partial charge in [0, 0.05) is 37.3 Å². The number of nitrogens with one attached hydrogen (secondary N) is 2. The second-order valence-corrected chi connectivity index (χ2v) is 8.67.